The van der Waals surface area contributed by atoms with E-state index in [4.69, 9.17) is 0 Å². The van der Waals surface area contributed by atoms with Crippen LogP contribution in [-0.2, 0) is 0 Å². The molecule has 1 atom stereocenters. The molecule has 0 amide bonds. The molecular formula is C8H14N2S2. The standard InChI is InChI=1S/C8H14N2S2/c1-2-7(9-3-1)6-12-8-10-4-5-11-8/h7,9H,1-6H2/t7-/m0/s1. The van der Waals surface area contributed by atoms with Crippen molar-refractivity contribution in [3.63, 3.8) is 0 Å². The van der Waals surface area contributed by atoms with Crippen LogP contribution in [0.4, 0.5) is 0 Å². The number of hydrogen-bond donors (Lipinski definition) is 1. The average Bonchev–Trinajstić information content (AvgIpc) is 2.74. The highest BCUT2D eigenvalue weighted by atomic mass is 32.2. The van der Waals surface area contributed by atoms with Crippen molar-refractivity contribution in [1.29, 1.82) is 0 Å². The van der Waals surface area contributed by atoms with Gasteiger partial charge in [0, 0.05) is 17.5 Å². The summed E-state index contributed by atoms with van der Waals surface area (Å²) in [4.78, 5) is 4.41. The number of nitrogens with zero attached hydrogens (tertiary/aromatic N) is 1. The summed E-state index contributed by atoms with van der Waals surface area (Å²) in [6, 6.07) is 0.749. The molecule has 1 N–H and O–H groups in total. The first kappa shape index (κ1) is 8.91. The van der Waals surface area contributed by atoms with Crippen LogP contribution in [0.3, 0.4) is 0 Å². The van der Waals surface area contributed by atoms with Crippen molar-refractivity contribution in [2.75, 3.05) is 24.6 Å². The minimum Gasteiger partial charge on any atom is -0.313 e. The van der Waals surface area contributed by atoms with Gasteiger partial charge in [0.2, 0.25) is 0 Å². The van der Waals surface area contributed by atoms with Gasteiger partial charge in [0.1, 0.15) is 4.38 Å². The molecule has 0 aromatic rings. The van der Waals surface area contributed by atoms with E-state index in [0.29, 0.717) is 0 Å². The molecule has 1 saturated heterocycles. The van der Waals surface area contributed by atoms with Crippen molar-refractivity contribution in [3.05, 3.63) is 0 Å². The van der Waals surface area contributed by atoms with Gasteiger partial charge in [-0.3, -0.25) is 4.99 Å². The molecular weight excluding hydrogens is 188 g/mol. The molecule has 0 aromatic carbocycles. The normalized spacial score (nSPS) is 29.3. The smallest absolute Gasteiger partial charge is 0.124 e. The summed E-state index contributed by atoms with van der Waals surface area (Å²) in [5, 5.41) is 3.50. The van der Waals surface area contributed by atoms with E-state index in [0.717, 1.165) is 12.6 Å². The van der Waals surface area contributed by atoms with Gasteiger partial charge >= 0.3 is 0 Å². The van der Waals surface area contributed by atoms with Crippen LogP contribution in [0.15, 0.2) is 4.99 Å². The van der Waals surface area contributed by atoms with Crippen molar-refractivity contribution >= 4 is 27.9 Å². The maximum Gasteiger partial charge on any atom is 0.124 e. The SMILES string of the molecule is C1CN[C@H](CSC2=NCCS2)C1. The Kier molecular flexibility index (Phi) is 3.37. The topological polar surface area (TPSA) is 24.4 Å². The van der Waals surface area contributed by atoms with Crippen LogP contribution >= 0.6 is 23.5 Å². The van der Waals surface area contributed by atoms with Gasteiger partial charge in [0.05, 0.1) is 6.54 Å². The van der Waals surface area contributed by atoms with Gasteiger partial charge in [0.25, 0.3) is 0 Å². The van der Waals surface area contributed by atoms with E-state index < -0.39 is 0 Å². The molecule has 0 spiro atoms. The Balaban J connectivity index is 1.67. The molecule has 68 valence electrons. The molecule has 0 radical (unpaired) electrons. The number of rotatable bonds is 2. The predicted molar refractivity (Wildman–Crippen MR) is 58.2 cm³/mol. The Morgan fingerprint density at radius 3 is 3.33 bits per heavy atom. The predicted octanol–water partition coefficient (Wildman–Crippen LogP) is 1.57. The van der Waals surface area contributed by atoms with E-state index in [1.807, 2.05) is 23.5 Å². The van der Waals surface area contributed by atoms with Gasteiger partial charge < -0.3 is 5.32 Å². The molecule has 1 fully saturated rings. The third-order valence-corrected chi connectivity index (χ3v) is 4.54. The second kappa shape index (κ2) is 4.53. The molecule has 2 aliphatic heterocycles. The lowest BCUT2D eigenvalue weighted by Gasteiger charge is -2.07. The quantitative estimate of drug-likeness (QED) is 0.735. The van der Waals surface area contributed by atoms with Crippen molar-refractivity contribution in [2.45, 2.75) is 18.9 Å². The molecule has 2 heterocycles. The van der Waals surface area contributed by atoms with Crippen molar-refractivity contribution in [1.82, 2.24) is 5.32 Å². The van der Waals surface area contributed by atoms with Crippen LogP contribution < -0.4 is 5.32 Å². The fourth-order valence-electron chi connectivity index (χ4n) is 1.47. The first-order chi connectivity index (χ1) is 5.95. The maximum absolute atomic E-state index is 4.41. The molecule has 12 heavy (non-hydrogen) atoms. The summed E-state index contributed by atoms with van der Waals surface area (Å²) < 4.78 is 1.31. The van der Waals surface area contributed by atoms with Crippen LogP contribution in [0.2, 0.25) is 0 Å². The zero-order valence-corrected chi connectivity index (χ0v) is 8.72. The van der Waals surface area contributed by atoms with Crippen molar-refractivity contribution in [3.8, 4) is 0 Å². The van der Waals surface area contributed by atoms with E-state index in [1.165, 1.54) is 35.3 Å². The maximum atomic E-state index is 4.41. The summed E-state index contributed by atoms with van der Waals surface area (Å²) in [5.74, 6) is 2.41. The zero-order valence-electron chi connectivity index (χ0n) is 7.08. The van der Waals surface area contributed by atoms with Gasteiger partial charge in [-0.05, 0) is 19.4 Å². The summed E-state index contributed by atoms with van der Waals surface area (Å²) >= 11 is 3.84. The van der Waals surface area contributed by atoms with Gasteiger partial charge in [-0.15, -0.1) is 0 Å². The van der Waals surface area contributed by atoms with Crippen LogP contribution in [0.5, 0.6) is 0 Å². The highest BCUT2D eigenvalue weighted by molar-refractivity contribution is 8.39. The van der Waals surface area contributed by atoms with Crippen LogP contribution in [0.1, 0.15) is 12.8 Å². The Morgan fingerprint density at radius 1 is 1.67 bits per heavy atom. The zero-order chi connectivity index (χ0) is 8.23. The Bertz CT molecular complexity index is 176. The van der Waals surface area contributed by atoms with E-state index in [2.05, 4.69) is 10.3 Å². The number of nitrogens with one attached hydrogen (secondary N) is 1. The third kappa shape index (κ3) is 2.41. The van der Waals surface area contributed by atoms with Gasteiger partial charge in [-0.1, -0.05) is 23.5 Å². The fourth-order valence-corrected chi connectivity index (χ4v) is 3.61. The lowest BCUT2D eigenvalue weighted by molar-refractivity contribution is 0.675. The number of hydrogen-bond acceptors (Lipinski definition) is 4. The molecule has 0 aromatic heterocycles. The van der Waals surface area contributed by atoms with Gasteiger partial charge in [-0.25, -0.2) is 0 Å². The Labute approximate surface area is 82.0 Å². The second-order valence-corrected chi connectivity index (χ2v) is 5.45. The Morgan fingerprint density at radius 2 is 2.67 bits per heavy atom. The minimum absolute atomic E-state index is 0.749. The van der Waals surface area contributed by atoms with Crippen LogP contribution in [0.25, 0.3) is 0 Å². The summed E-state index contributed by atoms with van der Waals surface area (Å²) in [7, 11) is 0. The first-order valence-corrected chi connectivity index (χ1v) is 6.46. The largest absolute Gasteiger partial charge is 0.313 e. The molecule has 2 rings (SSSR count). The average molecular weight is 202 g/mol. The molecule has 2 aliphatic rings. The third-order valence-electron chi connectivity index (χ3n) is 2.13. The number of aliphatic imine (C=N–C) groups is 1. The second-order valence-electron chi connectivity index (χ2n) is 3.10. The molecule has 2 nitrogen and oxygen atoms in total. The summed E-state index contributed by atoms with van der Waals surface area (Å²) in [6.07, 6.45) is 2.70. The van der Waals surface area contributed by atoms with E-state index in [9.17, 15) is 0 Å². The highest BCUT2D eigenvalue weighted by Gasteiger charge is 2.16. The molecule has 0 unspecified atom stereocenters. The van der Waals surface area contributed by atoms with Gasteiger partial charge in [-0.2, -0.15) is 0 Å². The first-order valence-electron chi connectivity index (χ1n) is 4.48. The summed E-state index contributed by atoms with van der Waals surface area (Å²) in [6.45, 7) is 2.25. The molecule has 0 saturated carbocycles. The highest BCUT2D eigenvalue weighted by Crippen LogP contribution is 2.23. The lowest BCUT2D eigenvalue weighted by Crippen LogP contribution is -2.23. The lowest BCUT2D eigenvalue weighted by atomic mass is 10.3. The van der Waals surface area contributed by atoms with E-state index in [-0.39, 0.29) is 0 Å². The number of thioether (sulfide) groups is 2. The Hall–Kier alpha value is 0.330. The molecule has 0 bridgehead atoms. The molecule has 0 aliphatic carbocycles. The fraction of sp³-hybridized carbons (Fsp3) is 0.875. The van der Waals surface area contributed by atoms with Crippen molar-refractivity contribution < 1.29 is 0 Å². The van der Waals surface area contributed by atoms with Gasteiger partial charge in [0.15, 0.2) is 0 Å². The van der Waals surface area contributed by atoms with E-state index in [1.54, 1.807) is 0 Å². The minimum atomic E-state index is 0.749. The molecule has 4 heteroatoms. The van der Waals surface area contributed by atoms with Crippen LogP contribution in [-0.4, -0.2) is 35.0 Å². The van der Waals surface area contributed by atoms with Crippen molar-refractivity contribution in [2.24, 2.45) is 4.99 Å². The summed E-state index contributed by atoms with van der Waals surface area (Å²) in [5.41, 5.74) is 0. The monoisotopic (exact) mass is 202 g/mol. The van der Waals surface area contributed by atoms with E-state index >= 15 is 0 Å². The van der Waals surface area contributed by atoms with Crippen LogP contribution in [0, 0.1) is 0 Å².